The van der Waals surface area contributed by atoms with Crippen LogP contribution in [0, 0.1) is 0 Å². The van der Waals surface area contributed by atoms with Crippen LogP contribution in [0.4, 0.5) is 0 Å². The molecule has 0 saturated heterocycles. The van der Waals surface area contributed by atoms with Gasteiger partial charge in [-0.25, -0.2) is 11.7 Å². The molecule has 1 aliphatic heterocycles. The molecule has 0 fully saturated rings. The third kappa shape index (κ3) is 0.514. The van der Waals surface area contributed by atoms with E-state index in [0.29, 0.717) is 0 Å². The summed E-state index contributed by atoms with van der Waals surface area (Å²) in [4.78, 5) is 3.70. The van der Waals surface area contributed by atoms with Gasteiger partial charge in [0.25, 0.3) is 0 Å². The van der Waals surface area contributed by atoms with E-state index >= 15 is 0 Å². The molecule has 28 valence electrons. The smallest absolute Gasteiger partial charge is 0.0892 e. The van der Waals surface area contributed by atoms with Crippen molar-refractivity contribution in [1.82, 2.24) is 0 Å². The monoisotopic (exact) mass is 88.0 g/mol. The summed E-state index contributed by atoms with van der Waals surface area (Å²) < 4.78 is 6.96. The summed E-state index contributed by atoms with van der Waals surface area (Å²) in [7, 11) is 0. The maximum absolute atomic E-state index is 6.96. The fourth-order valence-electron chi connectivity index (χ4n) is 0.192. The van der Waals surface area contributed by atoms with Crippen LogP contribution in [0.5, 0.6) is 0 Å². The average Bonchev–Trinajstić information content (AvgIpc) is 1.86. The van der Waals surface area contributed by atoms with Crippen LogP contribution < -0.4 is 0 Å². The molecule has 0 radical (unpaired) electrons. The Bertz CT molecular complexity index is 87.0. The normalized spacial score (nSPS) is 42.4. The first kappa shape index (κ1) is 2.03. The van der Waals surface area contributed by atoms with Crippen LogP contribution in [-0.2, 0) is 0 Å². The number of hydrogen-bond donors (Lipinski definition) is 0. The molecule has 0 N–H and O–H groups in total. The number of rotatable bonds is 0. The Morgan fingerprint density at radius 3 is 3.20 bits per heavy atom. The lowest BCUT2D eigenvalue weighted by molar-refractivity contribution is 1.65. The van der Waals surface area contributed by atoms with Crippen molar-refractivity contribution in [2.45, 2.75) is 0 Å². The summed E-state index contributed by atoms with van der Waals surface area (Å²) in [5, 5.41) is 1.79. The van der Waals surface area contributed by atoms with Gasteiger partial charge in [0.15, 0.2) is 0 Å². The first-order valence-electron chi connectivity index (χ1n) is 1.81. The van der Waals surface area contributed by atoms with Gasteiger partial charge in [0.2, 0.25) is 0 Å². The molecule has 2 heteroatoms. The van der Waals surface area contributed by atoms with E-state index in [1.165, 1.54) is 0 Å². The minimum Gasteiger partial charge on any atom is -0.259 e. The van der Waals surface area contributed by atoms with Gasteiger partial charge in [0.05, 0.1) is 1.12 Å². The number of hydrogen-bond acceptors (Lipinski definition) is 1. The highest BCUT2D eigenvalue weighted by Gasteiger charge is 1.69. The van der Waals surface area contributed by atoms with Gasteiger partial charge >= 0.3 is 0 Å². The predicted molar refractivity (Wildman–Crippen MR) is 28.0 cm³/mol. The summed E-state index contributed by atoms with van der Waals surface area (Å²) >= 11 is -0.687. The van der Waals surface area contributed by atoms with Gasteiger partial charge in [-0.3, -0.25) is 4.99 Å². The van der Waals surface area contributed by atoms with Crippen LogP contribution in [0.15, 0.2) is 16.6 Å². The lowest BCUT2D eigenvalue weighted by Crippen LogP contribution is -1.37. The van der Waals surface area contributed by atoms with Crippen molar-refractivity contribution in [3.63, 3.8) is 0 Å². The first-order valence-corrected chi connectivity index (χ1v) is 2.40. The summed E-state index contributed by atoms with van der Waals surface area (Å²) in [6, 6.07) is 0. The van der Waals surface area contributed by atoms with Gasteiger partial charge in [0.1, 0.15) is 0 Å². The Balaban J connectivity index is 2.60. The molecule has 5 heavy (non-hydrogen) atoms. The molecule has 0 amide bonds. The van der Waals surface area contributed by atoms with E-state index in [-0.39, 0.29) is 0 Å². The standard InChI is InChI=1S/C3H5NS/c1-2-5-3-4-1/h1-3H,5H2/i5D. The second kappa shape index (κ2) is 1.26. The summed E-state index contributed by atoms with van der Waals surface area (Å²) in [5.41, 5.74) is 1.65. The lowest BCUT2D eigenvalue weighted by Gasteiger charge is -1.62. The van der Waals surface area contributed by atoms with Gasteiger partial charge in [0, 0.05) is 11.7 Å². The van der Waals surface area contributed by atoms with Crippen LogP contribution in [0.3, 0.4) is 0 Å². The van der Waals surface area contributed by atoms with Crippen LogP contribution in [0.1, 0.15) is 0 Å². The highest BCUT2D eigenvalue weighted by Crippen LogP contribution is 2.02. The van der Waals surface area contributed by atoms with Crippen molar-refractivity contribution in [3.05, 3.63) is 11.6 Å². The van der Waals surface area contributed by atoms with E-state index in [0.717, 1.165) is 0 Å². The second-order valence-electron chi connectivity index (χ2n) is 0.712. The highest BCUT2D eigenvalue weighted by atomic mass is 32.2. The maximum atomic E-state index is 6.96. The van der Waals surface area contributed by atoms with Crippen molar-refractivity contribution in [2.24, 2.45) is 4.99 Å². The first-order chi connectivity index (χ1) is 2.89. The van der Waals surface area contributed by atoms with Gasteiger partial charge in [-0.1, -0.05) is 0 Å². The zero-order valence-corrected chi connectivity index (χ0v) is 3.52. The minimum absolute atomic E-state index is 0.687. The van der Waals surface area contributed by atoms with Gasteiger partial charge < -0.3 is 0 Å². The fraction of sp³-hybridized carbons (Fsp3) is 0. The molecule has 1 nitrogen and oxygen atoms in total. The Labute approximate surface area is 35.9 Å². The molecular weight excluding hydrogens is 82.1 g/mol. The molecule has 0 spiro atoms. The SMILES string of the molecule is [2H][SH]1C=CN=C1. The zero-order chi connectivity index (χ0) is 4.41. The van der Waals surface area contributed by atoms with E-state index in [9.17, 15) is 0 Å². The summed E-state index contributed by atoms with van der Waals surface area (Å²) in [5.74, 6) is 0. The molecule has 1 aliphatic rings. The van der Waals surface area contributed by atoms with Gasteiger partial charge in [-0.05, 0) is 5.41 Å². The van der Waals surface area contributed by atoms with E-state index < -0.39 is 11.7 Å². The Kier molecular flexibility index (Phi) is 0.513. The molecule has 0 bridgehead atoms. The Morgan fingerprint density at radius 1 is 2.00 bits per heavy atom. The van der Waals surface area contributed by atoms with Crippen molar-refractivity contribution < 1.29 is 0 Å². The van der Waals surface area contributed by atoms with E-state index in [1.807, 2.05) is 0 Å². The van der Waals surface area contributed by atoms with Crippen molar-refractivity contribution >= 4 is 17.2 Å². The number of aliphatic imine (C=N–C) groups is 1. The van der Waals surface area contributed by atoms with Crippen molar-refractivity contribution in [1.29, 1.82) is 1.12 Å². The maximum Gasteiger partial charge on any atom is 0.0892 e. The van der Waals surface area contributed by atoms with Gasteiger partial charge in [-0.2, -0.15) is 0 Å². The molecule has 1 rings (SSSR count). The molecule has 1 unspecified atom stereocenters. The quantitative estimate of drug-likeness (QED) is 0.413. The molecule has 0 aromatic carbocycles. The van der Waals surface area contributed by atoms with E-state index in [4.69, 9.17) is 1.12 Å². The van der Waals surface area contributed by atoms with E-state index in [1.54, 1.807) is 17.2 Å². The molecule has 0 aromatic rings. The fourth-order valence-corrected chi connectivity index (χ4v) is 0.577. The molecular formula is C3H5NS. The largest absolute Gasteiger partial charge is 0.259 e. The lowest BCUT2D eigenvalue weighted by atomic mass is 11.1. The van der Waals surface area contributed by atoms with Crippen molar-refractivity contribution in [3.8, 4) is 0 Å². The van der Waals surface area contributed by atoms with Crippen LogP contribution in [0.2, 0.25) is 0 Å². The van der Waals surface area contributed by atoms with Crippen molar-refractivity contribution in [2.75, 3.05) is 0 Å². The molecule has 0 aromatic heterocycles. The highest BCUT2D eigenvalue weighted by molar-refractivity contribution is 8.14. The second-order valence-corrected chi connectivity index (χ2v) is 1.54. The van der Waals surface area contributed by atoms with Crippen LogP contribution in [0.25, 0.3) is 0 Å². The molecule has 1 heterocycles. The topological polar surface area (TPSA) is 12.4 Å². The Hall–Kier alpha value is -0.240. The van der Waals surface area contributed by atoms with Gasteiger partial charge in [-0.15, -0.1) is 0 Å². The summed E-state index contributed by atoms with van der Waals surface area (Å²) in [6.45, 7) is 0. The average molecular weight is 88.2 g/mol. The predicted octanol–water partition coefficient (Wildman–Crippen LogP) is 0.697. The molecule has 1 atom stereocenters. The van der Waals surface area contributed by atoms with Crippen LogP contribution >= 0.6 is 11.7 Å². The third-order valence-corrected chi connectivity index (χ3v) is 0.944. The molecule has 0 aliphatic carbocycles. The Morgan fingerprint density at radius 2 is 3.00 bits per heavy atom. The van der Waals surface area contributed by atoms with E-state index in [2.05, 4.69) is 4.99 Å². The third-order valence-electron chi connectivity index (χ3n) is 0.372. The minimum atomic E-state index is -0.687. The zero-order valence-electron chi connectivity index (χ0n) is 3.63. The summed E-state index contributed by atoms with van der Waals surface area (Å²) in [6.07, 6.45) is 1.67. The number of nitrogens with zero attached hydrogens (tertiary/aromatic N) is 1. The van der Waals surface area contributed by atoms with Crippen LogP contribution in [-0.4, -0.2) is 6.67 Å². The molecule has 0 saturated carbocycles.